The minimum atomic E-state index is -0.444. The van der Waals surface area contributed by atoms with Crippen LogP contribution in [-0.4, -0.2) is 26.2 Å². The van der Waals surface area contributed by atoms with E-state index in [0.29, 0.717) is 5.69 Å². The summed E-state index contributed by atoms with van der Waals surface area (Å²) >= 11 is 5.91. The number of hydrogen-bond acceptors (Lipinski definition) is 2. The highest BCUT2D eigenvalue weighted by atomic mass is 35.5. The molecule has 0 radical (unpaired) electrons. The topological polar surface area (TPSA) is 31.5 Å². The van der Waals surface area contributed by atoms with E-state index in [2.05, 4.69) is 17.0 Å². The maximum atomic E-state index is 13.7. The van der Waals surface area contributed by atoms with Gasteiger partial charge in [-0.05, 0) is 24.3 Å². The van der Waals surface area contributed by atoms with E-state index in [1.807, 2.05) is 24.3 Å². The molecule has 0 amide bonds. The molecule has 1 aliphatic rings. The van der Waals surface area contributed by atoms with Crippen molar-refractivity contribution in [3.8, 4) is 6.07 Å². The largest absolute Gasteiger partial charge is 0.359 e. The molecule has 0 saturated carbocycles. The van der Waals surface area contributed by atoms with Crippen LogP contribution in [0.3, 0.4) is 0 Å². The van der Waals surface area contributed by atoms with Crippen LogP contribution >= 0.6 is 11.6 Å². The predicted molar refractivity (Wildman–Crippen MR) is 89.2 cm³/mol. The molecule has 0 aliphatic carbocycles. The lowest BCUT2D eigenvalue weighted by Crippen LogP contribution is -3.13. The fourth-order valence-electron chi connectivity index (χ4n) is 3.02. The molecule has 1 N–H and O–H groups in total. The van der Waals surface area contributed by atoms with Crippen LogP contribution in [0.25, 0.3) is 0 Å². The molecule has 1 aliphatic heterocycles. The summed E-state index contributed by atoms with van der Waals surface area (Å²) in [6.45, 7) is 4.52. The predicted octanol–water partition coefficient (Wildman–Crippen LogP) is 2.26. The van der Waals surface area contributed by atoms with Gasteiger partial charge >= 0.3 is 0 Å². The average Bonchev–Trinajstić information content (AvgIpc) is 2.57. The first kappa shape index (κ1) is 15.8. The molecular formula is C18H18ClFN3+. The second-order valence-electron chi connectivity index (χ2n) is 5.79. The molecule has 2 aromatic carbocycles. The maximum absolute atomic E-state index is 13.7. The molecule has 0 unspecified atom stereocenters. The van der Waals surface area contributed by atoms with E-state index in [0.717, 1.165) is 37.7 Å². The highest BCUT2D eigenvalue weighted by molar-refractivity contribution is 6.30. The molecule has 0 spiro atoms. The lowest BCUT2D eigenvalue weighted by molar-refractivity contribution is -0.914. The number of nitriles is 1. The number of piperazine rings is 1. The third-order valence-corrected chi connectivity index (χ3v) is 4.53. The lowest BCUT2D eigenvalue weighted by Gasteiger charge is -2.34. The van der Waals surface area contributed by atoms with Gasteiger partial charge in [0.1, 0.15) is 24.0 Å². The zero-order chi connectivity index (χ0) is 16.2. The van der Waals surface area contributed by atoms with Crippen molar-refractivity contribution in [3.63, 3.8) is 0 Å². The van der Waals surface area contributed by atoms with E-state index in [-0.39, 0.29) is 5.56 Å². The Kier molecular flexibility index (Phi) is 4.80. The van der Waals surface area contributed by atoms with Crippen LogP contribution in [0, 0.1) is 17.1 Å². The fraction of sp³-hybridized carbons (Fsp3) is 0.278. The molecule has 1 fully saturated rings. The lowest BCUT2D eigenvalue weighted by atomic mass is 10.1. The van der Waals surface area contributed by atoms with Crippen LogP contribution in [0.2, 0.25) is 5.02 Å². The number of hydrogen-bond donors (Lipinski definition) is 1. The third-order valence-electron chi connectivity index (χ3n) is 4.28. The van der Waals surface area contributed by atoms with Crippen molar-refractivity contribution < 1.29 is 9.29 Å². The molecule has 23 heavy (non-hydrogen) atoms. The molecular weight excluding hydrogens is 313 g/mol. The molecule has 0 atom stereocenters. The molecule has 3 rings (SSSR count). The zero-order valence-corrected chi connectivity index (χ0v) is 13.5. The Morgan fingerprint density at radius 3 is 2.48 bits per heavy atom. The number of nitrogens with zero attached hydrogens (tertiary/aromatic N) is 2. The molecule has 0 bridgehead atoms. The molecule has 1 heterocycles. The summed E-state index contributed by atoms with van der Waals surface area (Å²) in [4.78, 5) is 3.59. The molecule has 2 aromatic rings. The summed E-state index contributed by atoms with van der Waals surface area (Å²) in [7, 11) is 0. The van der Waals surface area contributed by atoms with Crippen LogP contribution < -0.4 is 9.80 Å². The molecule has 1 saturated heterocycles. The Labute approximate surface area is 140 Å². The van der Waals surface area contributed by atoms with Crippen molar-refractivity contribution in [1.82, 2.24) is 0 Å². The van der Waals surface area contributed by atoms with Crippen LogP contribution in [-0.2, 0) is 6.54 Å². The summed E-state index contributed by atoms with van der Waals surface area (Å²) in [5.74, 6) is -0.444. The van der Waals surface area contributed by atoms with E-state index >= 15 is 0 Å². The fourth-order valence-corrected chi connectivity index (χ4v) is 3.14. The van der Waals surface area contributed by atoms with Crippen molar-refractivity contribution in [2.45, 2.75) is 6.54 Å². The molecule has 118 valence electrons. The highest BCUT2D eigenvalue weighted by Crippen LogP contribution is 2.22. The SMILES string of the molecule is N#Cc1c(F)cccc1N1CC[NH+](Cc2ccc(Cl)cc2)CC1. The number of rotatable bonds is 3. The normalized spacial score (nSPS) is 15.4. The van der Waals surface area contributed by atoms with Crippen molar-refractivity contribution >= 4 is 17.3 Å². The molecule has 0 aromatic heterocycles. The van der Waals surface area contributed by atoms with Crippen molar-refractivity contribution in [3.05, 3.63) is 64.4 Å². The summed E-state index contributed by atoms with van der Waals surface area (Å²) in [6.07, 6.45) is 0. The number of benzene rings is 2. The van der Waals surface area contributed by atoms with Gasteiger partial charge in [0.05, 0.1) is 31.9 Å². The first-order valence-electron chi connectivity index (χ1n) is 7.69. The minimum Gasteiger partial charge on any atom is -0.359 e. The van der Waals surface area contributed by atoms with Gasteiger partial charge in [0.2, 0.25) is 0 Å². The van der Waals surface area contributed by atoms with Gasteiger partial charge in [-0.2, -0.15) is 5.26 Å². The number of halogens is 2. The average molecular weight is 331 g/mol. The first-order chi connectivity index (χ1) is 11.2. The Morgan fingerprint density at radius 1 is 1.13 bits per heavy atom. The van der Waals surface area contributed by atoms with Gasteiger partial charge in [0, 0.05) is 10.6 Å². The van der Waals surface area contributed by atoms with Crippen LogP contribution in [0.1, 0.15) is 11.1 Å². The van der Waals surface area contributed by atoms with Gasteiger partial charge in [0.25, 0.3) is 0 Å². The van der Waals surface area contributed by atoms with Crippen LogP contribution in [0.4, 0.5) is 10.1 Å². The Morgan fingerprint density at radius 2 is 1.83 bits per heavy atom. The van der Waals surface area contributed by atoms with Gasteiger partial charge in [-0.1, -0.05) is 29.8 Å². The van der Waals surface area contributed by atoms with Crippen LogP contribution in [0.15, 0.2) is 42.5 Å². The van der Waals surface area contributed by atoms with Crippen molar-refractivity contribution in [2.24, 2.45) is 0 Å². The highest BCUT2D eigenvalue weighted by Gasteiger charge is 2.23. The number of nitrogens with one attached hydrogen (secondary N) is 1. The monoisotopic (exact) mass is 330 g/mol. The minimum absolute atomic E-state index is 0.147. The van der Waals surface area contributed by atoms with Gasteiger partial charge in [-0.3, -0.25) is 0 Å². The summed E-state index contributed by atoms with van der Waals surface area (Å²) in [5.41, 5.74) is 2.12. The van der Waals surface area contributed by atoms with E-state index in [4.69, 9.17) is 16.9 Å². The van der Waals surface area contributed by atoms with Crippen molar-refractivity contribution in [1.29, 1.82) is 5.26 Å². The van der Waals surface area contributed by atoms with E-state index < -0.39 is 5.82 Å². The maximum Gasteiger partial charge on any atom is 0.143 e. The van der Waals surface area contributed by atoms with Crippen LogP contribution in [0.5, 0.6) is 0 Å². The Hall–Kier alpha value is -2.09. The summed E-state index contributed by atoms with van der Waals surface area (Å²) in [5, 5.41) is 9.92. The zero-order valence-electron chi connectivity index (χ0n) is 12.7. The molecule has 5 heteroatoms. The first-order valence-corrected chi connectivity index (χ1v) is 8.07. The number of anilines is 1. The standard InChI is InChI=1S/C18H17ClFN3/c19-15-6-4-14(5-7-15)13-22-8-10-23(11-9-22)18-3-1-2-17(20)16(18)12-21/h1-7H,8-11,13H2/p+1. The quantitative estimate of drug-likeness (QED) is 0.936. The van der Waals surface area contributed by atoms with Gasteiger partial charge < -0.3 is 9.80 Å². The van der Waals surface area contributed by atoms with Gasteiger partial charge in [-0.15, -0.1) is 0 Å². The number of quaternary nitrogens is 1. The Balaban J connectivity index is 1.64. The summed E-state index contributed by atoms with van der Waals surface area (Å²) < 4.78 is 13.7. The Bertz CT molecular complexity index is 716. The van der Waals surface area contributed by atoms with E-state index in [1.54, 1.807) is 6.07 Å². The smallest absolute Gasteiger partial charge is 0.143 e. The second-order valence-corrected chi connectivity index (χ2v) is 6.22. The van der Waals surface area contributed by atoms with Gasteiger partial charge in [0.15, 0.2) is 0 Å². The van der Waals surface area contributed by atoms with E-state index in [9.17, 15) is 4.39 Å². The molecule has 3 nitrogen and oxygen atoms in total. The third kappa shape index (κ3) is 3.64. The van der Waals surface area contributed by atoms with E-state index in [1.165, 1.54) is 16.5 Å². The summed E-state index contributed by atoms with van der Waals surface area (Å²) in [6, 6.07) is 14.8. The van der Waals surface area contributed by atoms with Gasteiger partial charge in [-0.25, -0.2) is 4.39 Å². The second kappa shape index (κ2) is 6.99. The van der Waals surface area contributed by atoms with Crippen molar-refractivity contribution in [2.75, 3.05) is 31.1 Å².